The fourth-order valence-corrected chi connectivity index (χ4v) is 2.76. The molecule has 0 atom stereocenters. The minimum atomic E-state index is -0.433. The van der Waals surface area contributed by atoms with E-state index in [1.165, 1.54) is 19.3 Å². The Bertz CT molecular complexity index is 257. The molecule has 1 aliphatic carbocycles. The maximum atomic E-state index is 12.3. The summed E-state index contributed by atoms with van der Waals surface area (Å²) in [6.45, 7) is 6.11. The molecule has 3 heteroatoms. The van der Waals surface area contributed by atoms with Gasteiger partial charge in [-0.05, 0) is 45.4 Å². The normalized spacial score (nSPS) is 25.7. The fourth-order valence-electron chi connectivity index (χ4n) is 2.64. The summed E-state index contributed by atoms with van der Waals surface area (Å²) in [5.41, 5.74) is -0.433. The molecule has 2 nitrogen and oxygen atoms in total. The highest BCUT2D eigenvalue weighted by molar-refractivity contribution is 6.19. The third kappa shape index (κ3) is 3.61. The lowest BCUT2D eigenvalue weighted by Crippen LogP contribution is -2.46. The van der Waals surface area contributed by atoms with Gasteiger partial charge in [0.15, 0.2) is 0 Å². The van der Waals surface area contributed by atoms with Crippen LogP contribution >= 0.6 is 11.6 Å². The van der Waals surface area contributed by atoms with Crippen molar-refractivity contribution >= 4 is 17.5 Å². The van der Waals surface area contributed by atoms with Crippen molar-refractivity contribution in [1.82, 2.24) is 4.90 Å². The van der Waals surface area contributed by atoms with Gasteiger partial charge < -0.3 is 4.90 Å². The molecule has 0 spiro atoms. The molecule has 0 aliphatic heterocycles. The SMILES string of the molecule is CCC1CCC(N(C)C(=O)C(C)(C)CCl)CC1. The zero-order valence-corrected chi connectivity index (χ0v) is 12.4. The molecule has 0 aromatic carbocycles. The molecule has 1 aliphatic rings. The summed E-state index contributed by atoms with van der Waals surface area (Å²) >= 11 is 5.87. The van der Waals surface area contributed by atoms with Crippen molar-refractivity contribution in [1.29, 1.82) is 0 Å². The summed E-state index contributed by atoms with van der Waals surface area (Å²) in [7, 11) is 1.94. The maximum Gasteiger partial charge on any atom is 0.229 e. The molecule has 0 bridgehead atoms. The monoisotopic (exact) mass is 259 g/mol. The van der Waals surface area contributed by atoms with Crippen LogP contribution in [0.3, 0.4) is 0 Å². The molecule has 0 unspecified atom stereocenters. The number of carbonyl (C=O) groups is 1. The Hall–Kier alpha value is -0.240. The summed E-state index contributed by atoms with van der Waals surface area (Å²) in [5, 5.41) is 0. The molecule has 1 amide bonds. The highest BCUT2D eigenvalue weighted by Crippen LogP contribution is 2.31. The second kappa shape index (κ2) is 6.08. The first kappa shape index (κ1) is 14.8. The minimum Gasteiger partial charge on any atom is -0.342 e. The second-order valence-corrected chi connectivity index (χ2v) is 6.28. The predicted molar refractivity (Wildman–Crippen MR) is 73.3 cm³/mol. The first-order valence-corrected chi connectivity index (χ1v) is 7.29. The van der Waals surface area contributed by atoms with Crippen molar-refractivity contribution in [2.24, 2.45) is 11.3 Å². The Kier molecular flexibility index (Phi) is 5.30. The van der Waals surface area contributed by atoms with Crippen molar-refractivity contribution in [3.05, 3.63) is 0 Å². The van der Waals surface area contributed by atoms with Crippen LogP contribution in [0, 0.1) is 11.3 Å². The van der Waals surface area contributed by atoms with Crippen LogP contribution in [-0.2, 0) is 4.79 Å². The van der Waals surface area contributed by atoms with Crippen molar-refractivity contribution in [3.63, 3.8) is 0 Å². The van der Waals surface area contributed by atoms with Crippen LogP contribution in [0.25, 0.3) is 0 Å². The van der Waals surface area contributed by atoms with Gasteiger partial charge in [0.25, 0.3) is 0 Å². The molecule has 1 saturated carbocycles. The lowest BCUT2D eigenvalue weighted by Gasteiger charge is -2.37. The van der Waals surface area contributed by atoms with Crippen molar-refractivity contribution in [2.45, 2.75) is 58.9 Å². The van der Waals surface area contributed by atoms with Crippen LogP contribution in [-0.4, -0.2) is 29.8 Å². The van der Waals surface area contributed by atoms with Crippen molar-refractivity contribution < 1.29 is 4.79 Å². The van der Waals surface area contributed by atoms with Gasteiger partial charge in [0.05, 0.1) is 5.41 Å². The molecule has 1 rings (SSSR count). The number of hydrogen-bond donors (Lipinski definition) is 0. The minimum absolute atomic E-state index is 0.187. The lowest BCUT2D eigenvalue weighted by molar-refractivity contribution is -0.140. The topological polar surface area (TPSA) is 20.3 Å². The highest BCUT2D eigenvalue weighted by Gasteiger charge is 2.34. The summed E-state index contributed by atoms with van der Waals surface area (Å²) in [6.07, 6.45) is 6.11. The quantitative estimate of drug-likeness (QED) is 0.706. The number of halogens is 1. The van der Waals surface area contributed by atoms with E-state index in [1.54, 1.807) is 0 Å². The third-order valence-corrected chi connectivity index (χ3v) is 4.84. The Balaban J connectivity index is 2.54. The number of carbonyl (C=O) groups excluding carboxylic acids is 1. The third-order valence-electron chi connectivity index (χ3n) is 4.17. The zero-order valence-electron chi connectivity index (χ0n) is 11.6. The summed E-state index contributed by atoms with van der Waals surface area (Å²) < 4.78 is 0. The highest BCUT2D eigenvalue weighted by atomic mass is 35.5. The van der Waals surface area contributed by atoms with E-state index in [-0.39, 0.29) is 5.91 Å². The first-order valence-electron chi connectivity index (χ1n) is 6.75. The number of alkyl halides is 1. The van der Waals surface area contributed by atoms with Gasteiger partial charge in [0.1, 0.15) is 0 Å². The Morgan fingerprint density at radius 2 is 1.82 bits per heavy atom. The molecule has 100 valence electrons. The molecule has 1 fully saturated rings. The van der Waals surface area contributed by atoms with Crippen LogP contribution < -0.4 is 0 Å². The molecule has 0 aromatic heterocycles. The molecular formula is C14H26ClNO. The van der Waals surface area contributed by atoms with Gasteiger partial charge in [0, 0.05) is 19.0 Å². The Labute approximate surface area is 111 Å². The smallest absolute Gasteiger partial charge is 0.229 e. The number of rotatable bonds is 4. The zero-order chi connectivity index (χ0) is 13.1. The molecule has 0 N–H and O–H groups in total. The van der Waals surface area contributed by atoms with Gasteiger partial charge in [-0.15, -0.1) is 11.6 Å². The number of hydrogen-bond acceptors (Lipinski definition) is 1. The van der Waals surface area contributed by atoms with Crippen molar-refractivity contribution in [3.8, 4) is 0 Å². The van der Waals surface area contributed by atoms with Gasteiger partial charge in [0.2, 0.25) is 5.91 Å². The fraction of sp³-hybridized carbons (Fsp3) is 0.929. The molecule has 0 aromatic rings. The largest absolute Gasteiger partial charge is 0.342 e. The van der Waals surface area contributed by atoms with E-state index in [0.29, 0.717) is 11.9 Å². The number of nitrogens with zero attached hydrogens (tertiary/aromatic N) is 1. The number of amides is 1. The lowest BCUT2D eigenvalue weighted by atomic mass is 9.83. The van der Waals surface area contributed by atoms with Crippen LogP contribution in [0.15, 0.2) is 0 Å². The second-order valence-electron chi connectivity index (χ2n) is 6.02. The van der Waals surface area contributed by atoms with Gasteiger partial charge in [-0.1, -0.05) is 13.3 Å². The maximum absolute atomic E-state index is 12.3. The van der Waals surface area contributed by atoms with Crippen LogP contribution in [0.4, 0.5) is 0 Å². The molecule has 17 heavy (non-hydrogen) atoms. The summed E-state index contributed by atoms with van der Waals surface area (Å²) in [5.74, 6) is 1.45. The van der Waals surface area contributed by atoms with E-state index < -0.39 is 5.41 Å². The standard InChI is InChI=1S/C14H26ClNO/c1-5-11-6-8-12(9-7-11)16(4)13(17)14(2,3)10-15/h11-12H,5-10H2,1-4H3. The van der Waals surface area contributed by atoms with Crippen LogP contribution in [0.2, 0.25) is 0 Å². The van der Waals surface area contributed by atoms with E-state index in [2.05, 4.69) is 6.92 Å². The van der Waals surface area contributed by atoms with Gasteiger partial charge in [-0.3, -0.25) is 4.79 Å². The van der Waals surface area contributed by atoms with Gasteiger partial charge in [-0.25, -0.2) is 0 Å². The Morgan fingerprint density at radius 1 is 1.29 bits per heavy atom. The van der Waals surface area contributed by atoms with Gasteiger partial charge in [-0.2, -0.15) is 0 Å². The molecule has 0 saturated heterocycles. The van der Waals surface area contributed by atoms with E-state index in [4.69, 9.17) is 11.6 Å². The summed E-state index contributed by atoms with van der Waals surface area (Å²) in [6, 6.07) is 0.424. The average Bonchev–Trinajstić information content (AvgIpc) is 2.37. The predicted octanol–water partition coefficient (Wildman–Crippen LogP) is 3.68. The molecule has 0 heterocycles. The van der Waals surface area contributed by atoms with Crippen molar-refractivity contribution in [2.75, 3.05) is 12.9 Å². The molecule has 0 radical (unpaired) electrons. The van der Waals surface area contributed by atoms with E-state index >= 15 is 0 Å². The average molecular weight is 260 g/mol. The van der Waals surface area contributed by atoms with Crippen LogP contribution in [0.1, 0.15) is 52.9 Å². The summed E-state index contributed by atoms with van der Waals surface area (Å²) in [4.78, 5) is 14.2. The van der Waals surface area contributed by atoms with Crippen LogP contribution in [0.5, 0.6) is 0 Å². The Morgan fingerprint density at radius 3 is 2.24 bits per heavy atom. The van der Waals surface area contributed by atoms with E-state index in [0.717, 1.165) is 18.8 Å². The van der Waals surface area contributed by atoms with E-state index in [1.807, 2.05) is 25.8 Å². The van der Waals surface area contributed by atoms with E-state index in [9.17, 15) is 4.79 Å². The van der Waals surface area contributed by atoms with Gasteiger partial charge >= 0.3 is 0 Å². The first-order chi connectivity index (χ1) is 7.92. The molecular weight excluding hydrogens is 234 g/mol.